The number of aromatic nitrogens is 2. The van der Waals surface area contributed by atoms with Crippen LogP contribution in [0.5, 0.6) is 5.75 Å². The molecule has 0 saturated carbocycles. The Bertz CT molecular complexity index is 919. The van der Waals surface area contributed by atoms with Crippen LogP contribution in [0.25, 0.3) is 11.3 Å². The number of alkyl halides is 2. The lowest BCUT2D eigenvalue weighted by Crippen LogP contribution is -2.21. The third kappa shape index (κ3) is 5.91. The Balaban J connectivity index is 0.000000374. The second kappa shape index (κ2) is 11.6. The summed E-state index contributed by atoms with van der Waals surface area (Å²) in [5.74, 6) is -1.13. The second-order valence-corrected chi connectivity index (χ2v) is 7.69. The van der Waals surface area contributed by atoms with Crippen molar-refractivity contribution in [3.8, 4) is 17.0 Å². The predicted octanol–water partition coefficient (Wildman–Crippen LogP) is 3.73. The smallest absolute Gasteiger partial charge is 0.264 e. The van der Waals surface area contributed by atoms with Crippen LogP contribution in [0.15, 0.2) is 12.1 Å². The molecule has 1 fully saturated rings. The Morgan fingerprint density at radius 2 is 2.09 bits per heavy atom. The monoisotopic (exact) mass is 471 g/mol. The zero-order chi connectivity index (χ0) is 24.0. The highest BCUT2D eigenvalue weighted by Gasteiger charge is 2.32. The van der Waals surface area contributed by atoms with Gasteiger partial charge in [-0.2, -0.15) is 0 Å². The number of halogens is 3. The first-order valence-corrected chi connectivity index (χ1v) is 10.6. The highest BCUT2D eigenvalue weighted by Crippen LogP contribution is 2.44. The maximum absolute atomic E-state index is 14.5. The molecule has 1 saturated heterocycles. The first kappa shape index (κ1) is 25.2. The van der Waals surface area contributed by atoms with Gasteiger partial charge in [0.15, 0.2) is 5.82 Å². The average molecular weight is 471 g/mol. The lowest BCUT2D eigenvalue weighted by atomic mass is 9.98. The number of fused-ring (bicyclic) bond motifs is 1. The van der Waals surface area contributed by atoms with Crippen LogP contribution in [0.4, 0.5) is 19.0 Å². The van der Waals surface area contributed by atoms with Crippen LogP contribution in [-0.2, 0) is 20.8 Å². The van der Waals surface area contributed by atoms with Gasteiger partial charge in [-0.3, -0.25) is 0 Å². The van der Waals surface area contributed by atoms with E-state index >= 15 is 0 Å². The van der Waals surface area contributed by atoms with Crippen molar-refractivity contribution in [1.29, 1.82) is 0 Å². The lowest BCUT2D eigenvalue weighted by Gasteiger charge is -2.15. The topological polar surface area (TPSA) is 106 Å². The minimum absolute atomic E-state index is 0.0785. The first-order chi connectivity index (χ1) is 15.9. The van der Waals surface area contributed by atoms with Gasteiger partial charge in [-0.15, -0.1) is 10.2 Å². The van der Waals surface area contributed by atoms with E-state index in [0.29, 0.717) is 42.6 Å². The molecule has 182 valence electrons. The van der Waals surface area contributed by atoms with Crippen molar-refractivity contribution in [2.24, 2.45) is 0 Å². The van der Waals surface area contributed by atoms with E-state index in [1.165, 1.54) is 0 Å². The van der Waals surface area contributed by atoms with E-state index in [9.17, 15) is 18.3 Å². The Labute approximate surface area is 189 Å². The van der Waals surface area contributed by atoms with Crippen molar-refractivity contribution in [2.75, 3.05) is 39.3 Å². The van der Waals surface area contributed by atoms with E-state index in [0.717, 1.165) is 25.5 Å². The van der Waals surface area contributed by atoms with Crippen LogP contribution < -0.4 is 5.32 Å². The molecule has 1 aromatic heterocycles. The van der Waals surface area contributed by atoms with E-state index in [1.54, 1.807) is 14.2 Å². The first-order valence-electron chi connectivity index (χ1n) is 10.6. The molecule has 2 aliphatic rings. The Morgan fingerprint density at radius 1 is 1.30 bits per heavy atom. The van der Waals surface area contributed by atoms with Gasteiger partial charge in [0, 0.05) is 50.5 Å². The Hall–Kier alpha value is -2.47. The van der Waals surface area contributed by atoms with Gasteiger partial charge in [-0.1, -0.05) is 0 Å². The molecule has 0 bridgehead atoms. The number of phenols is 1. The largest absolute Gasteiger partial charge is 0.507 e. The van der Waals surface area contributed by atoms with Crippen LogP contribution in [0.3, 0.4) is 0 Å². The summed E-state index contributed by atoms with van der Waals surface area (Å²) < 4.78 is 55.8. The number of aliphatic hydroxyl groups excluding tert-OH is 1. The van der Waals surface area contributed by atoms with Crippen molar-refractivity contribution >= 4 is 5.82 Å². The summed E-state index contributed by atoms with van der Waals surface area (Å²) >= 11 is 0. The molecular formula is C22H28F3N3O5. The van der Waals surface area contributed by atoms with Crippen molar-refractivity contribution < 1.29 is 37.6 Å². The number of aliphatic hydroxyl groups is 1. The summed E-state index contributed by atoms with van der Waals surface area (Å²) in [5.41, 5.74) is 0.469. The lowest BCUT2D eigenvalue weighted by molar-refractivity contribution is -0.00535. The SMILES string of the molecule is CNc1nnc(-c2c(O)cc(C(F)F)cc2F)c2c1C(CCOC)OC2.OC1CCCOC1. The third-order valence-corrected chi connectivity index (χ3v) is 5.40. The maximum atomic E-state index is 14.5. The molecule has 2 atom stereocenters. The number of phenolic OH excluding ortho intramolecular Hbond substituents is 1. The number of nitrogens with one attached hydrogen (secondary N) is 1. The summed E-state index contributed by atoms with van der Waals surface area (Å²) in [5, 5.41) is 29.8. The molecule has 2 unspecified atom stereocenters. The number of anilines is 1. The summed E-state index contributed by atoms with van der Waals surface area (Å²) in [6.07, 6.45) is -0.917. The van der Waals surface area contributed by atoms with Crippen molar-refractivity contribution in [1.82, 2.24) is 10.2 Å². The van der Waals surface area contributed by atoms with Crippen molar-refractivity contribution in [3.05, 3.63) is 34.6 Å². The molecule has 2 aromatic rings. The quantitative estimate of drug-likeness (QED) is 0.585. The van der Waals surface area contributed by atoms with Gasteiger partial charge in [0.05, 0.1) is 31.0 Å². The Kier molecular flexibility index (Phi) is 8.84. The van der Waals surface area contributed by atoms with Gasteiger partial charge in [-0.05, 0) is 25.0 Å². The van der Waals surface area contributed by atoms with E-state index in [4.69, 9.17) is 19.3 Å². The van der Waals surface area contributed by atoms with E-state index in [-0.39, 0.29) is 30.1 Å². The van der Waals surface area contributed by atoms with Crippen LogP contribution in [0.2, 0.25) is 0 Å². The number of methoxy groups -OCH3 is 1. The predicted molar refractivity (Wildman–Crippen MR) is 114 cm³/mol. The average Bonchev–Trinajstić information content (AvgIpc) is 3.22. The van der Waals surface area contributed by atoms with Gasteiger partial charge in [-0.25, -0.2) is 13.2 Å². The molecular weight excluding hydrogens is 443 g/mol. The van der Waals surface area contributed by atoms with Crippen molar-refractivity contribution in [3.63, 3.8) is 0 Å². The van der Waals surface area contributed by atoms with E-state index in [2.05, 4.69) is 15.5 Å². The number of ether oxygens (including phenoxy) is 3. The van der Waals surface area contributed by atoms with Crippen LogP contribution >= 0.6 is 0 Å². The fourth-order valence-corrected chi connectivity index (χ4v) is 3.78. The zero-order valence-corrected chi connectivity index (χ0v) is 18.5. The number of benzene rings is 1. The van der Waals surface area contributed by atoms with Gasteiger partial charge < -0.3 is 29.7 Å². The highest BCUT2D eigenvalue weighted by atomic mass is 19.3. The fraction of sp³-hybridized carbons (Fsp3) is 0.545. The molecule has 1 aromatic carbocycles. The molecule has 33 heavy (non-hydrogen) atoms. The zero-order valence-electron chi connectivity index (χ0n) is 18.5. The fourth-order valence-electron chi connectivity index (χ4n) is 3.78. The normalized spacial score (nSPS) is 19.7. The van der Waals surface area contributed by atoms with Gasteiger partial charge in [0.2, 0.25) is 0 Å². The van der Waals surface area contributed by atoms with Crippen LogP contribution in [0.1, 0.15) is 48.5 Å². The van der Waals surface area contributed by atoms with Crippen LogP contribution in [-0.4, -0.2) is 60.5 Å². The molecule has 3 N–H and O–H groups in total. The minimum Gasteiger partial charge on any atom is -0.507 e. The summed E-state index contributed by atoms with van der Waals surface area (Å²) in [6.45, 7) is 1.96. The second-order valence-electron chi connectivity index (χ2n) is 7.69. The number of hydrogen-bond acceptors (Lipinski definition) is 8. The standard InChI is InChI=1S/C17H18F3N3O3.C5H10O2/c1-21-17-13-9(7-26-12(13)3-4-25-2)15(22-23-17)14-10(18)5-8(16(19)20)6-11(14)24;6-5-2-1-3-7-4-5/h5-6,12,16,24H,3-4,7H2,1-2H3,(H,21,23);5-6H,1-4H2. The molecule has 8 nitrogen and oxygen atoms in total. The molecule has 0 radical (unpaired) electrons. The highest BCUT2D eigenvalue weighted by molar-refractivity contribution is 5.74. The molecule has 0 amide bonds. The van der Waals surface area contributed by atoms with Gasteiger partial charge in [0.25, 0.3) is 6.43 Å². The Morgan fingerprint density at radius 3 is 2.64 bits per heavy atom. The summed E-state index contributed by atoms with van der Waals surface area (Å²) in [6, 6.07) is 1.53. The van der Waals surface area contributed by atoms with E-state index in [1.807, 2.05) is 0 Å². The minimum atomic E-state index is -2.89. The third-order valence-electron chi connectivity index (χ3n) is 5.40. The molecule has 0 spiro atoms. The number of hydrogen-bond donors (Lipinski definition) is 3. The van der Waals surface area contributed by atoms with Crippen molar-refractivity contribution in [2.45, 2.75) is 44.5 Å². The maximum Gasteiger partial charge on any atom is 0.264 e. The molecule has 3 heterocycles. The number of aromatic hydroxyl groups is 1. The van der Waals surface area contributed by atoms with Crippen LogP contribution in [0, 0.1) is 5.82 Å². The molecule has 4 rings (SSSR count). The van der Waals surface area contributed by atoms with E-state index < -0.39 is 23.6 Å². The summed E-state index contributed by atoms with van der Waals surface area (Å²) in [4.78, 5) is 0. The number of nitrogens with zero attached hydrogens (tertiary/aromatic N) is 2. The molecule has 0 aliphatic carbocycles. The molecule has 11 heteroatoms. The number of rotatable bonds is 6. The van der Waals surface area contributed by atoms with Gasteiger partial charge in [0.1, 0.15) is 17.3 Å². The van der Waals surface area contributed by atoms with Gasteiger partial charge >= 0.3 is 0 Å². The molecule has 2 aliphatic heterocycles. The summed E-state index contributed by atoms with van der Waals surface area (Å²) in [7, 11) is 3.24.